The van der Waals surface area contributed by atoms with Crippen LogP contribution in [0.15, 0.2) is 47.8 Å². The second kappa shape index (κ2) is 6.39. The van der Waals surface area contributed by atoms with E-state index in [9.17, 15) is 4.79 Å². The van der Waals surface area contributed by atoms with E-state index in [0.717, 1.165) is 5.56 Å². The summed E-state index contributed by atoms with van der Waals surface area (Å²) >= 11 is 1.68. The Morgan fingerprint density at radius 1 is 1.33 bits per heavy atom. The molecule has 0 bridgehead atoms. The molecule has 1 aliphatic heterocycles. The Kier molecular flexibility index (Phi) is 4.34. The molecule has 2 aromatic rings. The highest BCUT2D eigenvalue weighted by Gasteiger charge is 2.39. The largest absolute Gasteiger partial charge is 0.467 e. The number of carbonyl (C=O) groups excluding carboxylic acids is 1. The van der Waals surface area contributed by atoms with Gasteiger partial charge in [-0.3, -0.25) is 4.84 Å². The van der Waals surface area contributed by atoms with Gasteiger partial charge in [-0.1, -0.05) is 36.4 Å². The van der Waals surface area contributed by atoms with Crippen molar-refractivity contribution < 1.29 is 14.4 Å². The summed E-state index contributed by atoms with van der Waals surface area (Å²) in [4.78, 5) is 18.8. The smallest absolute Gasteiger partial charge is 0.337 e. The Morgan fingerprint density at radius 2 is 2.14 bits per heavy atom. The lowest BCUT2D eigenvalue weighted by Gasteiger charge is -2.21. The van der Waals surface area contributed by atoms with Crippen molar-refractivity contribution in [2.24, 2.45) is 0 Å². The SMILES string of the molecule is COC(=O)[C@@H]1C[C@H](c2cccs2)N(Cc2ccccc2)O1. The van der Waals surface area contributed by atoms with Crippen LogP contribution in [0.4, 0.5) is 0 Å². The van der Waals surface area contributed by atoms with Crippen molar-refractivity contribution in [1.29, 1.82) is 0 Å². The van der Waals surface area contributed by atoms with Crippen LogP contribution in [0.2, 0.25) is 0 Å². The van der Waals surface area contributed by atoms with Gasteiger partial charge in [0.05, 0.1) is 13.2 Å². The molecule has 0 N–H and O–H groups in total. The van der Waals surface area contributed by atoms with Crippen LogP contribution in [0.1, 0.15) is 22.9 Å². The lowest BCUT2D eigenvalue weighted by Crippen LogP contribution is -2.25. The van der Waals surface area contributed by atoms with Crippen LogP contribution < -0.4 is 0 Å². The van der Waals surface area contributed by atoms with Crippen molar-refractivity contribution in [2.75, 3.05) is 7.11 Å². The summed E-state index contributed by atoms with van der Waals surface area (Å²) in [7, 11) is 1.39. The molecule has 0 unspecified atom stereocenters. The number of carbonyl (C=O) groups is 1. The van der Waals surface area contributed by atoms with Gasteiger partial charge in [-0.15, -0.1) is 11.3 Å². The maximum atomic E-state index is 11.8. The summed E-state index contributed by atoms with van der Waals surface area (Å²) in [5, 5.41) is 3.93. The molecule has 1 saturated heterocycles. The van der Waals surface area contributed by atoms with Gasteiger partial charge >= 0.3 is 5.97 Å². The first-order chi connectivity index (χ1) is 10.3. The maximum Gasteiger partial charge on any atom is 0.337 e. The molecule has 2 heterocycles. The molecule has 1 fully saturated rings. The number of thiophene rings is 1. The molecule has 5 heteroatoms. The van der Waals surface area contributed by atoms with Gasteiger partial charge in [0.25, 0.3) is 0 Å². The number of hydrogen-bond donors (Lipinski definition) is 0. The number of hydroxylamine groups is 2. The molecule has 4 nitrogen and oxygen atoms in total. The first kappa shape index (κ1) is 14.3. The molecule has 2 atom stereocenters. The van der Waals surface area contributed by atoms with Crippen LogP contribution in [0.3, 0.4) is 0 Å². The molecule has 1 aliphatic rings. The van der Waals surface area contributed by atoms with Crippen LogP contribution >= 0.6 is 11.3 Å². The molecule has 1 aromatic heterocycles. The van der Waals surface area contributed by atoms with Gasteiger partial charge in [-0.25, -0.2) is 4.79 Å². The van der Waals surface area contributed by atoms with Gasteiger partial charge < -0.3 is 4.74 Å². The molecule has 0 saturated carbocycles. The third-order valence-electron chi connectivity index (χ3n) is 3.56. The summed E-state index contributed by atoms with van der Waals surface area (Å²) in [5.74, 6) is -0.313. The van der Waals surface area contributed by atoms with E-state index >= 15 is 0 Å². The van der Waals surface area contributed by atoms with E-state index < -0.39 is 6.10 Å². The lowest BCUT2D eigenvalue weighted by molar-refractivity contribution is -0.191. The van der Waals surface area contributed by atoms with Gasteiger partial charge in [0.15, 0.2) is 6.10 Å². The van der Waals surface area contributed by atoms with Crippen LogP contribution in [-0.2, 0) is 20.9 Å². The van der Waals surface area contributed by atoms with Crippen molar-refractivity contribution in [3.63, 3.8) is 0 Å². The van der Waals surface area contributed by atoms with Crippen molar-refractivity contribution >= 4 is 17.3 Å². The van der Waals surface area contributed by atoms with Crippen molar-refractivity contribution in [3.05, 3.63) is 58.3 Å². The van der Waals surface area contributed by atoms with Crippen LogP contribution in [0.5, 0.6) is 0 Å². The van der Waals surface area contributed by atoms with Crippen molar-refractivity contribution in [3.8, 4) is 0 Å². The molecule has 21 heavy (non-hydrogen) atoms. The maximum absolute atomic E-state index is 11.8. The fourth-order valence-electron chi connectivity index (χ4n) is 2.52. The molecule has 3 rings (SSSR count). The minimum absolute atomic E-state index is 0.0920. The first-order valence-corrected chi connectivity index (χ1v) is 7.74. The second-order valence-electron chi connectivity index (χ2n) is 4.94. The van der Waals surface area contributed by atoms with Gasteiger partial charge in [-0.2, -0.15) is 5.06 Å². The number of hydrogen-bond acceptors (Lipinski definition) is 5. The van der Waals surface area contributed by atoms with E-state index in [1.54, 1.807) is 11.3 Å². The summed E-state index contributed by atoms with van der Waals surface area (Å²) < 4.78 is 4.81. The number of esters is 1. The second-order valence-corrected chi connectivity index (χ2v) is 5.92. The van der Waals surface area contributed by atoms with E-state index in [0.29, 0.717) is 13.0 Å². The summed E-state index contributed by atoms with van der Waals surface area (Å²) in [6.07, 6.45) is 0.103. The molecule has 110 valence electrons. The average Bonchev–Trinajstić information content (AvgIpc) is 3.16. The number of rotatable bonds is 4. The predicted octanol–water partition coefficient (Wildman–Crippen LogP) is 3.17. The number of benzene rings is 1. The van der Waals surface area contributed by atoms with Gasteiger partial charge in [0.1, 0.15) is 0 Å². The van der Waals surface area contributed by atoms with E-state index in [2.05, 4.69) is 18.2 Å². The highest BCUT2D eigenvalue weighted by molar-refractivity contribution is 7.10. The zero-order valence-electron chi connectivity index (χ0n) is 11.8. The lowest BCUT2D eigenvalue weighted by atomic mass is 10.1. The fourth-order valence-corrected chi connectivity index (χ4v) is 3.36. The minimum atomic E-state index is -0.522. The van der Waals surface area contributed by atoms with Crippen molar-refractivity contribution in [1.82, 2.24) is 5.06 Å². The third-order valence-corrected chi connectivity index (χ3v) is 4.54. The predicted molar refractivity (Wildman–Crippen MR) is 80.6 cm³/mol. The van der Waals surface area contributed by atoms with E-state index in [-0.39, 0.29) is 12.0 Å². The van der Waals surface area contributed by atoms with Gasteiger partial charge in [0.2, 0.25) is 0 Å². The molecule has 0 spiro atoms. The summed E-state index contributed by atoms with van der Waals surface area (Å²) in [6, 6.07) is 14.3. The Morgan fingerprint density at radius 3 is 2.81 bits per heavy atom. The Balaban J connectivity index is 1.80. The first-order valence-electron chi connectivity index (χ1n) is 6.86. The number of ether oxygens (including phenoxy) is 1. The minimum Gasteiger partial charge on any atom is -0.467 e. The molecular formula is C16H17NO3S. The molecule has 0 radical (unpaired) electrons. The zero-order chi connectivity index (χ0) is 14.7. The molecule has 1 aromatic carbocycles. The monoisotopic (exact) mass is 303 g/mol. The highest BCUT2D eigenvalue weighted by atomic mass is 32.1. The number of methoxy groups -OCH3 is 1. The van der Waals surface area contributed by atoms with E-state index in [1.165, 1.54) is 12.0 Å². The standard InChI is InChI=1S/C16H17NO3S/c1-19-16(18)14-10-13(15-8-5-9-21-15)17(20-14)11-12-6-3-2-4-7-12/h2-9,13-14H,10-11H2,1H3/t13-,14+/m1/s1. The third kappa shape index (κ3) is 3.15. The van der Waals surface area contributed by atoms with Crippen LogP contribution in [0.25, 0.3) is 0 Å². The molecule has 0 aliphatic carbocycles. The Hall–Kier alpha value is -1.69. The quantitative estimate of drug-likeness (QED) is 0.813. The summed E-state index contributed by atoms with van der Waals surface area (Å²) in [6.45, 7) is 0.650. The Labute approximate surface area is 127 Å². The van der Waals surface area contributed by atoms with Crippen molar-refractivity contribution in [2.45, 2.75) is 25.1 Å². The zero-order valence-corrected chi connectivity index (χ0v) is 12.6. The van der Waals surface area contributed by atoms with Gasteiger partial charge in [0, 0.05) is 17.8 Å². The van der Waals surface area contributed by atoms with Crippen LogP contribution in [0, 0.1) is 0 Å². The van der Waals surface area contributed by atoms with Crippen LogP contribution in [-0.4, -0.2) is 24.2 Å². The van der Waals surface area contributed by atoms with Gasteiger partial charge in [-0.05, 0) is 17.0 Å². The van der Waals surface area contributed by atoms with E-state index in [4.69, 9.17) is 9.57 Å². The highest BCUT2D eigenvalue weighted by Crippen LogP contribution is 2.37. The summed E-state index contributed by atoms with van der Waals surface area (Å²) in [5.41, 5.74) is 1.16. The molecular weight excluding hydrogens is 286 g/mol. The molecule has 0 amide bonds. The topological polar surface area (TPSA) is 38.8 Å². The fraction of sp³-hybridized carbons (Fsp3) is 0.312. The number of nitrogens with zero attached hydrogens (tertiary/aromatic N) is 1. The average molecular weight is 303 g/mol. The Bertz CT molecular complexity index is 585. The normalized spacial score (nSPS) is 22.3. The van der Waals surface area contributed by atoms with E-state index in [1.807, 2.05) is 34.7 Å².